The molecular formula is C22H30N8O2. The van der Waals surface area contributed by atoms with E-state index in [1.165, 1.54) is 0 Å². The molecular weight excluding hydrogens is 408 g/mol. The molecule has 10 heteroatoms. The fourth-order valence-corrected chi connectivity index (χ4v) is 3.97. The van der Waals surface area contributed by atoms with Crippen molar-refractivity contribution in [2.45, 2.75) is 13.8 Å². The molecule has 0 unspecified atom stereocenters. The molecule has 10 nitrogen and oxygen atoms in total. The van der Waals surface area contributed by atoms with Crippen molar-refractivity contribution in [2.24, 2.45) is 12.0 Å². The van der Waals surface area contributed by atoms with Crippen LogP contribution in [0.5, 0.6) is 5.75 Å². The van der Waals surface area contributed by atoms with Crippen LogP contribution in [-0.4, -0.2) is 82.4 Å². The zero-order valence-corrected chi connectivity index (χ0v) is 19.3. The van der Waals surface area contributed by atoms with Crippen molar-refractivity contribution >= 4 is 22.7 Å². The monoisotopic (exact) mass is 438 g/mol. The van der Waals surface area contributed by atoms with Gasteiger partial charge in [-0.2, -0.15) is 5.10 Å². The summed E-state index contributed by atoms with van der Waals surface area (Å²) in [6, 6.07) is 5.77. The number of rotatable bonds is 4. The van der Waals surface area contributed by atoms with Gasteiger partial charge in [-0.3, -0.25) is 14.5 Å². The Morgan fingerprint density at radius 1 is 1.25 bits per heavy atom. The molecule has 1 saturated heterocycles. The first-order valence-corrected chi connectivity index (χ1v) is 10.8. The van der Waals surface area contributed by atoms with Gasteiger partial charge in [0.1, 0.15) is 17.1 Å². The first-order valence-electron chi connectivity index (χ1n) is 10.8. The molecule has 0 amide bonds. The molecule has 1 fully saturated rings. The van der Waals surface area contributed by atoms with Gasteiger partial charge >= 0.3 is 0 Å². The van der Waals surface area contributed by atoms with Gasteiger partial charge in [-0.05, 0) is 39.1 Å². The largest absolute Gasteiger partial charge is 0.493 e. The molecule has 0 atom stereocenters. The second kappa shape index (κ2) is 8.99. The summed E-state index contributed by atoms with van der Waals surface area (Å²) in [4.78, 5) is 29.4. The summed E-state index contributed by atoms with van der Waals surface area (Å²) in [5, 5.41) is 7.76. The molecule has 0 bridgehead atoms. The van der Waals surface area contributed by atoms with E-state index in [9.17, 15) is 4.79 Å². The Kier molecular flexibility index (Phi) is 6.13. The first-order chi connectivity index (χ1) is 15.4. The van der Waals surface area contributed by atoms with Crippen molar-refractivity contribution < 1.29 is 4.74 Å². The maximum absolute atomic E-state index is 12.8. The maximum atomic E-state index is 12.8. The van der Waals surface area contributed by atoms with Gasteiger partial charge in [-0.25, -0.2) is 4.98 Å². The number of fused-ring (bicyclic) bond motifs is 1. The molecule has 32 heavy (non-hydrogen) atoms. The van der Waals surface area contributed by atoms with Crippen molar-refractivity contribution in [1.29, 1.82) is 0 Å². The number of hydrogen-bond acceptors (Lipinski definition) is 6. The fourth-order valence-electron chi connectivity index (χ4n) is 3.97. The number of hydrogen-bond donors (Lipinski definition) is 2. The van der Waals surface area contributed by atoms with Gasteiger partial charge in [0.05, 0.1) is 17.9 Å². The highest BCUT2D eigenvalue weighted by Crippen LogP contribution is 2.31. The van der Waals surface area contributed by atoms with Crippen LogP contribution in [0.4, 0.5) is 5.69 Å². The van der Waals surface area contributed by atoms with Crippen molar-refractivity contribution in [2.75, 3.05) is 52.2 Å². The number of guanidine groups is 1. The number of benzene rings is 1. The Hall–Kier alpha value is -3.40. The lowest BCUT2D eigenvalue weighted by Gasteiger charge is -2.34. The summed E-state index contributed by atoms with van der Waals surface area (Å²) < 4.78 is 7.39. The summed E-state index contributed by atoms with van der Waals surface area (Å²) in [6.07, 6.45) is 0. The molecule has 170 valence electrons. The quantitative estimate of drug-likeness (QED) is 0.472. The molecule has 0 spiro atoms. The Bertz CT molecular complexity index is 1200. The lowest BCUT2D eigenvalue weighted by Crippen LogP contribution is -2.49. The highest BCUT2D eigenvalue weighted by Gasteiger charge is 2.19. The average Bonchev–Trinajstić information content (AvgIpc) is 3.07. The lowest BCUT2D eigenvalue weighted by molar-refractivity contribution is 0.215. The van der Waals surface area contributed by atoms with Crippen LogP contribution >= 0.6 is 0 Å². The van der Waals surface area contributed by atoms with Crippen LogP contribution in [0.1, 0.15) is 12.6 Å². The topological polar surface area (TPSA) is 104 Å². The zero-order valence-electron chi connectivity index (χ0n) is 19.3. The molecule has 0 aliphatic carbocycles. The number of aromatic nitrogens is 4. The molecule has 2 N–H and O–H groups in total. The Morgan fingerprint density at radius 3 is 2.69 bits per heavy atom. The van der Waals surface area contributed by atoms with Crippen LogP contribution in [0.15, 0.2) is 28.0 Å². The number of piperazine rings is 1. The van der Waals surface area contributed by atoms with E-state index in [1.54, 1.807) is 18.8 Å². The molecule has 2 aromatic heterocycles. The fraction of sp³-hybridized carbons (Fsp3) is 0.455. The van der Waals surface area contributed by atoms with E-state index in [0.29, 0.717) is 40.5 Å². The molecule has 1 aliphatic rings. The smallest absolute Gasteiger partial charge is 0.277 e. The number of likely N-dealkylation sites (N-methyl/N-ethyl adjacent to an activating group) is 1. The van der Waals surface area contributed by atoms with Crippen molar-refractivity contribution in [3.05, 3.63) is 34.2 Å². The van der Waals surface area contributed by atoms with E-state index in [4.69, 9.17) is 9.72 Å². The molecule has 0 saturated carbocycles. The normalized spacial score (nSPS) is 15.4. The number of nitrogens with one attached hydrogen (secondary N) is 2. The van der Waals surface area contributed by atoms with Gasteiger partial charge < -0.3 is 24.8 Å². The minimum atomic E-state index is -0.234. The van der Waals surface area contributed by atoms with E-state index in [0.717, 1.165) is 37.8 Å². The van der Waals surface area contributed by atoms with E-state index in [-0.39, 0.29) is 5.56 Å². The molecule has 3 aromatic rings. The predicted octanol–water partition coefficient (Wildman–Crippen LogP) is 1.68. The molecule has 4 rings (SSSR count). The lowest BCUT2D eigenvalue weighted by atomic mass is 10.1. The number of aromatic amines is 1. The van der Waals surface area contributed by atoms with E-state index < -0.39 is 0 Å². The van der Waals surface area contributed by atoms with Gasteiger partial charge in [0.15, 0.2) is 11.5 Å². The first kappa shape index (κ1) is 21.8. The van der Waals surface area contributed by atoms with Gasteiger partial charge in [-0.15, -0.1) is 0 Å². The predicted molar refractivity (Wildman–Crippen MR) is 127 cm³/mol. The van der Waals surface area contributed by atoms with Gasteiger partial charge in [0, 0.05) is 46.0 Å². The number of anilines is 1. The standard InChI is InChI=1S/C22H30N8O2/c1-6-32-17-8-7-15(24-22(23-3)30-11-9-28(4)10-12-30)13-16(17)20-25-18-14(2)27-29(5)19(18)21(31)26-20/h7-8,13H,6,9-12H2,1-5H3,(H,23,24)(H,25,26,31). The van der Waals surface area contributed by atoms with E-state index in [2.05, 4.69) is 37.2 Å². The van der Waals surface area contributed by atoms with Crippen molar-refractivity contribution in [3.63, 3.8) is 0 Å². The summed E-state index contributed by atoms with van der Waals surface area (Å²) >= 11 is 0. The van der Waals surface area contributed by atoms with Gasteiger partial charge in [0.2, 0.25) is 0 Å². The van der Waals surface area contributed by atoms with E-state index >= 15 is 0 Å². The van der Waals surface area contributed by atoms with E-state index in [1.807, 2.05) is 32.0 Å². The summed E-state index contributed by atoms with van der Waals surface area (Å²) in [5.74, 6) is 1.91. The van der Waals surface area contributed by atoms with Crippen LogP contribution in [0.3, 0.4) is 0 Å². The second-order valence-electron chi connectivity index (χ2n) is 7.93. The second-order valence-corrected chi connectivity index (χ2v) is 7.93. The summed E-state index contributed by atoms with van der Waals surface area (Å²) in [6.45, 7) is 8.07. The van der Waals surface area contributed by atoms with Crippen LogP contribution < -0.4 is 15.6 Å². The number of ether oxygens (including phenoxy) is 1. The average molecular weight is 439 g/mol. The molecule has 3 heterocycles. The molecule has 1 aliphatic heterocycles. The molecule has 1 aromatic carbocycles. The number of aliphatic imine (C=N–C) groups is 1. The minimum Gasteiger partial charge on any atom is -0.493 e. The van der Waals surface area contributed by atoms with Gasteiger partial charge in [-0.1, -0.05) is 0 Å². The maximum Gasteiger partial charge on any atom is 0.277 e. The number of aryl methyl sites for hydroxylation is 2. The molecule has 0 radical (unpaired) electrons. The Morgan fingerprint density at radius 2 is 2.00 bits per heavy atom. The Labute approximate surface area is 186 Å². The highest BCUT2D eigenvalue weighted by atomic mass is 16.5. The minimum absolute atomic E-state index is 0.234. The van der Waals surface area contributed by atoms with Crippen LogP contribution in [0.2, 0.25) is 0 Å². The number of H-pyrrole nitrogens is 1. The van der Waals surface area contributed by atoms with Gasteiger partial charge in [0.25, 0.3) is 5.56 Å². The number of nitrogens with zero attached hydrogens (tertiary/aromatic N) is 6. The van der Waals surface area contributed by atoms with Crippen molar-refractivity contribution in [3.8, 4) is 17.1 Å². The highest BCUT2D eigenvalue weighted by molar-refractivity contribution is 5.94. The third kappa shape index (κ3) is 4.18. The van der Waals surface area contributed by atoms with Crippen LogP contribution in [0.25, 0.3) is 22.4 Å². The summed E-state index contributed by atoms with van der Waals surface area (Å²) in [5.41, 5.74) is 3.05. The third-order valence-electron chi connectivity index (χ3n) is 5.67. The third-order valence-corrected chi connectivity index (χ3v) is 5.67. The SMILES string of the molecule is CCOc1ccc(NC(=NC)N2CCN(C)CC2)cc1-c1nc2c(C)nn(C)c2c(=O)[nH]1. The summed E-state index contributed by atoms with van der Waals surface area (Å²) in [7, 11) is 5.65. The Balaban J connectivity index is 1.72. The zero-order chi connectivity index (χ0) is 22.8. The van der Waals surface area contributed by atoms with Crippen LogP contribution in [-0.2, 0) is 7.05 Å². The van der Waals surface area contributed by atoms with Crippen LogP contribution in [0, 0.1) is 6.92 Å². The van der Waals surface area contributed by atoms with Crippen molar-refractivity contribution in [1.82, 2.24) is 29.5 Å².